The summed E-state index contributed by atoms with van der Waals surface area (Å²) < 4.78 is 11.7. The molecule has 1 atom stereocenters. The first kappa shape index (κ1) is 21.1. The van der Waals surface area contributed by atoms with E-state index in [0.717, 1.165) is 29.2 Å². The average Bonchev–Trinajstić information content (AvgIpc) is 2.72. The number of carbonyl (C=O) groups is 2. The van der Waals surface area contributed by atoms with Gasteiger partial charge in [0.15, 0.2) is 11.5 Å². The highest BCUT2D eigenvalue weighted by molar-refractivity contribution is 7.83. The molecule has 2 amide bonds. The monoisotopic (exact) mass is 436 g/mol. The molecule has 0 spiro atoms. The third-order valence-electron chi connectivity index (χ3n) is 5.54. The third-order valence-corrected chi connectivity index (χ3v) is 6.26. The number of benzene rings is 2. The number of anilines is 1. The molecule has 1 aliphatic rings. The molecule has 160 valence electrons. The van der Waals surface area contributed by atoms with E-state index in [1.54, 1.807) is 12.3 Å². The summed E-state index contributed by atoms with van der Waals surface area (Å²) in [6.07, 6.45) is 7.98. The highest BCUT2D eigenvalue weighted by Crippen LogP contribution is 2.26. The van der Waals surface area contributed by atoms with Crippen LogP contribution in [0.4, 0.5) is 5.82 Å². The minimum Gasteiger partial charge on any atom is -0.350 e. The molecule has 0 saturated heterocycles. The van der Waals surface area contributed by atoms with Gasteiger partial charge in [-0.25, -0.2) is 9.97 Å². The van der Waals surface area contributed by atoms with Crippen LogP contribution in [0.1, 0.15) is 45.7 Å². The Morgan fingerprint density at radius 2 is 1.77 bits per heavy atom. The number of carbonyl (C=O) groups excluding carboxylic acids is 2. The van der Waals surface area contributed by atoms with E-state index >= 15 is 0 Å². The second-order valence-electron chi connectivity index (χ2n) is 7.75. The summed E-state index contributed by atoms with van der Waals surface area (Å²) in [6, 6.07) is 11.0. The SMILES string of the molecule is C[S@](=O)Cc1ccc(C(=O)Nc2nccnc2C(=O)NCC2CCC2)c2ccccc12. The minimum atomic E-state index is -0.995. The highest BCUT2D eigenvalue weighted by Gasteiger charge is 2.22. The summed E-state index contributed by atoms with van der Waals surface area (Å²) in [7, 11) is -0.995. The van der Waals surface area contributed by atoms with E-state index in [0.29, 0.717) is 23.8 Å². The number of nitrogens with one attached hydrogen (secondary N) is 2. The molecule has 4 rings (SSSR count). The smallest absolute Gasteiger partial charge is 0.273 e. The fourth-order valence-corrected chi connectivity index (χ4v) is 4.38. The lowest BCUT2D eigenvalue weighted by Crippen LogP contribution is -2.33. The molecule has 31 heavy (non-hydrogen) atoms. The fraction of sp³-hybridized carbons (Fsp3) is 0.304. The normalized spacial score (nSPS) is 14.6. The standard InChI is InChI=1S/C23H24N4O3S/c1-31(30)14-16-9-10-19(18-8-3-2-7-17(16)18)22(28)27-21-20(24-11-12-25-21)23(29)26-13-15-5-4-6-15/h2-3,7-12,15H,4-6,13-14H2,1H3,(H,26,29)(H,25,27,28)/t31-/m0/s1. The molecule has 1 fully saturated rings. The van der Waals surface area contributed by atoms with Crippen molar-refractivity contribution < 1.29 is 13.8 Å². The number of aromatic nitrogens is 2. The van der Waals surface area contributed by atoms with Crippen molar-refractivity contribution in [1.82, 2.24) is 15.3 Å². The summed E-state index contributed by atoms with van der Waals surface area (Å²) in [5, 5.41) is 7.26. The Bertz CT molecular complexity index is 1160. The molecule has 3 aromatic rings. The van der Waals surface area contributed by atoms with Gasteiger partial charge in [0.05, 0.1) is 0 Å². The van der Waals surface area contributed by atoms with Gasteiger partial charge in [0.2, 0.25) is 0 Å². The van der Waals surface area contributed by atoms with Crippen LogP contribution in [0.25, 0.3) is 10.8 Å². The van der Waals surface area contributed by atoms with Crippen molar-refractivity contribution in [2.45, 2.75) is 25.0 Å². The van der Waals surface area contributed by atoms with Crippen molar-refractivity contribution in [1.29, 1.82) is 0 Å². The van der Waals surface area contributed by atoms with Crippen molar-refractivity contribution >= 4 is 39.2 Å². The van der Waals surface area contributed by atoms with E-state index in [9.17, 15) is 13.8 Å². The molecule has 8 heteroatoms. The van der Waals surface area contributed by atoms with Crippen LogP contribution in [0.3, 0.4) is 0 Å². The Hall–Kier alpha value is -3.13. The van der Waals surface area contributed by atoms with Crippen molar-refractivity contribution in [3.05, 3.63) is 65.6 Å². The van der Waals surface area contributed by atoms with E-state index in [1.807, 2.05) is 30.3 Å². The maximum Gasteiger partial charge on any atom is 0.273 e. The summed E-state index contributed by atoms with van der Waals surface area (Å²) in [5.74, 6) is 0.329. The Kier molecular flexibility index (Phi) is 6.36. The maximum absolute atomic E-state index is 13.1. The molecule has 0 bridgehead atoms. The number of rotatable bonds is 7. The first-order chi connectivity index (χ1) is 15.0. The Balaban J connectivity index is 1.58. The van der Waals surface area contributed by atoms with Crippen LogP contribution in [0.15, 0.2) is 48.8 Å². The van der Waals surface area contributed by atoms with Gasteiger partial charge in [-0.15, -0.1) is 0 Å². The maximum atomic E-state index is 13.1. The van der Waals surface area contributed by atoms with E-state index < -0.39 is 10.8 Å². The predicted molar refractivity (Wildman–Crippen MR) is 121 cm³/mol. The lowest BCUT2D eigenvalue weighted by Gasteiger charge is -2.25. The Labute approximate surface area is 183 Å². The van der Waals surface area contributed by atoms with Gasteiger partial charge in [-0.05, 0) is 41.2 Å². The molecule has 0 aliphatic heterocycles. The van der Waals surface area contributed by atoms with Gasteiger partial charge in [0.1, 0.15) is 0 Å². The zero-order valence-corrected chi connectivity index (χ0v) is 18.1. The van der Waals surface area contributed by atoms with Crippen LogP contribution in [0.2, 0.25) is 0 Å². The van der Waals surface area contributed by atoms with Gasteiger partial charge in [-0.2, -0.15) is 0 Å². The molecule has 1 aromatic heterocycles. The van der Waals surface area contributed by atoms with E-state index in [-0.39, 0.29) is 23.3 Å². The number of hydrogen-bond donors (Lipinski definition) is 2. The van der Waals surface area contributed by atoms with Gasteiger partial charge in [0.25, 0.3) is 11.8 Å². The second kappa shape index (κ2) is 9.34. The molecule has 7 nitrogen and oxygen atoms in total. The molecule has 0 radical (unpaired) electrons. The van der Waals surface area contributed by atoms with Crippen molar-refractivity contribution in [3.63, 3.8) is 0 Å². The van der Waals surface area contributed by atoms with Crippen LogP contribution >= 0.6 is 0 Å². The molecule has 1 aliphatic carbocycles. The number of fused-ring (bicyclic) bond motifs is 1. The summed E-state index contributed by atoms with van der Waals surface area (Å²) in [4.78, 5) is 34.0. The van der Waals surface area contributed by atoms with Crippen LogP contribution in [-0.4, -0.2) is 38.8 Å². The quantitative estimate of drug-likeness (QED) is 0.592. The van der Waals surface area contributed by atoms with Crippen LogP contribution in [0.5, 0.6) is 0 Å². The predicted octanol–water partition coefficient (Wildman–Crippen LogP) is 3.29. The van der Waals surface area contributed by atoms with Gasteiger partial charge in [-0.1, -0.05) is 36.8 Å². The first-order valence-electron chi connectivity index (χ1n) is 10.2. The summed E-state index contributed by atoms with van der Waals surface area (Å²) in [5.41, 5.74) is 1.47. The zero-order chi connectivity index (χ0) is 21.8. The molecular weight excluding hydrogens is 412 g/mol. The van der Waals surface area contributed by atoms with Crippen LogP contribution in [-0.2, 0) is 16.6 Å². The summed E-state index contributed by atoms with van der Waals surface area (Å²) in [6.45, 7) is 0.605. The Morgan fingerprint density at radius 3 is 2.48 bits per heavy atom. The van der Waals surface area contributed by atoms with Gasteiger partial charge >= 0.3 is 0 Å². The third kappa shape index (κ3) is 4.80. The van der Waals surface area contributed by atoms with Crippen molar-refractivity contribution in [2.24, 2.45) is 5.92 Å². The van der Waals surface area contributed by atoms with Crippen LogP contribution in [0, 0.1) is 5.92 Å². The molecule has 2 N–H and O–H groups in total. The molecule has 1 saturated carbocycles. The number of nitrogens with zero attached hydrogens (tertiary/aromatic N) is 2. The first-order valence-corrected chi connectivity index (χ1v) is 12.0. The van der Waals surface area contributed by atoms with Gasteiger partial charge in [-0.3, -0.25) is 13.8 Å². The molecule has 2 aromatic carbocycles. The number of hydrogen-bond acceptors (Lipinski definition) is 5. The number of amides is 2. The fourth-order valence-electron chi connectivity index (χ4n) is 3.69. The van der Waals surface area contributed by atoms with Crippen molar-refractivity contribution in [2.75, 3.05) is 18.1 Å². The topological polar surface area (TPSA) is 101 Å². The van der Waals surface area contributed by atoms with Crippen LogP contribution < -0.4 is 10.6 Å². The van der Waals surface area contributed by atoms with Gasteiger partial charge < -0.3 is 10.6 Å². The zero-order valence-electron chi connectivity index (χ0n) is 17.3. The van der Waals surface area contributed by atoms with E-state index in [4.69, 9.17) is 0 Å². The summed E-state index contributed by atoms with van der Waals surface area (Å²) >= 11 is 0. The lowest BCUT2D eigenvalue weighted by molar-refractivity contribution is 0.0934. The molecule has 1 heterocycles. The second-order valence-corrected chi connectivity index (χ2v) is 9.19. The van der Waals surface area contributed by atoms with Crippen molar-refractivity contribution in [3.8, 4) is 0 Å². The van der Waals surface area contributed by atoms with Gasteiger partial charge in [0, 0.05) is 47.3 Å². The largest absolute Gasteiger partial charge is 0.350 e. The lowest BCUT2D eigenvalue weighted by atomic mass is 9.85. The van der Waals surface area contributed by atoms with E-state index in [1.165, 1.54) is 18.8 Å². The molecular formula is C23H24N4O3S. The minimum absolute atomic E-state index is 0.0949. The average molecular weight is 437 g/mol. The molecule has 0 unspecified atom stereocenters. The highest BCUT2D eigenvalue weighted by atomic mass is 32.2. The Morgan fingerprint density at radius 1 is 1.03 bits per heavy atom. The van der Waals surface area contributed by atoms with E-state index in [2.05, 4.69) is 20.6 Å².